The fraction of sp³-hybridized carbons (Fsp3) is 0.100. The number of nitrogens with one attached hydrogen (secondary N) is 2. The Morgan fingerprint density at radius 3 is 2.50 bits per heavy atom. The molecule has 5 nitrogen and oxygen atoms in total. The van der Waals surface area contributed by atoms with Gasteiger partial charge in [0.1, 0.15) is 10.7 Å². The van der Waals surface area contributed by atoms with E-state index in [1.807, 2.05) is 0 Å². The lowest BCUT2D eigenvalue weighted by Crippen LogP contribution is -2.24. The molecule has 0 aliphatic rings. The van der Waals surface area contributed by atoms with Gasteiger partial charge in [0.25, 0.3) is 0 Å². The van der Waals surface area contributed by atoms with Crippen LogP contribution in [0.3, 0.4) is 0 Å². The van der Waals surface area contributed by atoms with Gasteiger partial charge in [-0.2, -0.15) is 0 Å². The number of nitrogens with zero attached hydrogens (tertiary/aromatic N) is 1. The Morgan fingerprint density at radius 2 is 1.94 bits per heavy atom. The predicted octanol–water partition coefficient (Wildman–Crippen LogP) is 2.19. The zero-order chi connectivity index (χ0) is 13.2. The van der Waals surface area contributed by atoms with E-state index in [2.05, 4.69) is 14.7 Å². The first-order valence-electron chi connectivity index (χ1n) is 4.92. The van der Waals surface area contributed by atoms with Gasteiger partial charge >= 0.3 is 0 Å². The van der Waals surface area contributed by atoms with E-state index in [1.54, 1.807) is 12.3 Å². The number of H-pyrrole nitrogens is 1. The summed E-state index contributed by atoms with van der Waals surface area (Å²) in [5.41, 5.74) is 0. The standard InChI is InChI=1S/C10H9Cl2N3O2S/c11-7-2-1-3-8(12)10(7)18(16,17)15-6-9-13-4-5-14-9/h1-5,15H,6H2,(H,13,14). The number of rotatable bonds is 4. The largest absolute Gasteiger partial charge is 0.347 e. The number of imidazole rings is 1. The molecule has 8 heteroatoms. The van der Waals surface area contributed by atoms with Gasteiger partial charge in [0.05, 0.1) is 16.6 Å². The fourth-order valence-corrected chi connectivity index (χ4v) is 3.50. The number of halogens is 2. The van der Waals surface area contributed by atoms with E-state index in [9.17, 15) is 8.42 Å². The molecule has 0 aliphatic heterocycles. The highest BCUT2D eigenvalue weighted by molar-refractivity contribution is 7.89. The summed E-state index contributed by atoms with van der Waals surface area (Å²) in [5.74, 6) is 0.502. The Bertz CT molecular complexity index is 621. The summed E-state index contributed by atoms with van der Waals surface area (Å²) in [6, 6.07) is 4.51. The second-order valence-corrected chi connectivity index (χ2v) is 5.93. The normalized spacial score (nSPS) is 11.7. The minimum Gasteiger partial charge on any atom is -0.347 e. The van der Waals surface area contributed by atoms with Crippen LogP contribution in [0.25, 0.3) is 0 Å². The topological polar surface area (TPSA) is 74.8 Å². The van der Waals surface area contributed by atoms with E-state index in [1.165, 1.54) is 18.3 Å². The van der Waals surface area contributed by atoms with Crippen LogP contribution in [-0.4, -0.2) is 18.4 Å². The Labute approximate surface area is 114 Å². The molecule has 2 N–H and O–H groups in total. The summed E-state index contributed by atoms with van der Waals surface area (Å²) >= 11 is 11.7. The number of aromatic nitrogens is 2. The zero-order valence-corrected chi connectivity index (χ0v) is 11.4. The Hall–Kier alpha value is -1.08. The summed E-state index contributed by atoms with van der Waals surface area (Å²) in [6.07, 6.45) is 3.14. The van der Waals surface area contributed by atoms with Gasteiger partial charge in [-0.25, -0.2) is 18.1 Å². The van der Waals surface area contributed by atoms with Crippen molar-refractivity contribution in [1.82, 2.24) is 14.7 Å². The summed E-state index contributed by atoms with van der Waals surface area (Å²) < 4.78 is 26.5. The Balaban J connectivity index is 2.26. The summed E-state index contributed by atoms with van der Waals surface area (Å²) in [4.78, 5) is 6.57. The van der Waals surface area contributed by atoms with Gasteiger partial charge in [-0.3, -0.25) is 0 Å². The second-order valence-electron chi connectivity index (χ2n) is 3.41. The first kappa shape index (κ1) is 13.4. The average molecular weight is 306 g/mol. The molecule has 0 aliphatic carbocycles. The van der Waals surface area contributed by atoms with Gasteiger partial charge < -0.3 is 4.98 Å². The highest BCUT2D eigenvalue weighted by Crippen LogP contribution is 2.28. The number of sulfonamides is 1. The molecule has 1 heterocycles. The highest BCUT2D eigenvalue weighted by Gasteiger charge is 2.21. The van der Waals surface area contributed by atoms with Crippen molar-refractivity contribution in [2.75, 3.05) is 0 Å². The molecule has 0 bridgehead atoms. The van der Waals surface area contributed by atoms with E-state index in [0.29, 0.717) is 5.82 Å². The zero-order valence-electron chi connectivity index (χ0n) is 9.02. The minimum atomic E-state index is -3.77. The molecular weight excluding hydrogens is 297 g/mol. The Kier molecular flexibility index (Phi) is 3.91. The molecule has 1 aromatic carbocycles. The van der Waals surface area contributed by atoms with Crippen molar-refractivity contribution >= 4 is 33.2 Å². The molecular formula is C10H9Cl2N3O2S. The molecule has 0 radical (unpaired) electrons. The molecule has 0 saturated carbocycles. The molecule has 96 valence electrons. The lowest BCUT2D eigenvalue weighted by Gasteiger charge is -2.08. The third kappa shape index (κ3) is 2.84. The summed E-state index contributed by atoms with van der Waals surface area (Å²) in [5, 5.41) is 0.156. The second kappa shape index (κ2) is 5.27. The maximum Gasteiger partial charge on any atom is 0.243 e. The fourth-order valence-electron chi connectivity index (χ4n) is 1.37. The molecule has 1 aromatic heterocycles. The van der Waals surface area contributed by atoms with Crippen molar-refractivity contribution < 1.29 is 8.42 Å². The van der Waals surface area contributed by atoms with Crippen LogP contribution in [0.1, 0.15) is 5.82 Å². The van der Waals surface area contributed by atoms with Crippen molar-refractivity contribution in [1.29, 1.82) is 0 Å². The molecule has 0 saturated heterocycles. The molecule has 2 aromatic rings. The van der Waals surface area contributed by atoms with Crippen LogP contribution in [0.4, 0.5) is 0 Å². The van der Waals surface area contributed by atoms with Crippen LogP contribution < -0.4 is 4.72 Å². The lowest BCUT2D eigenvalue weighted by atomic mass is 10.4. The maximum absolute atomic E-state index is 12.0. The molecule has 0 unspecified atom stereocenters. The van der Waals surface area contributed by atoms with Crippen LogP contribution in [0, 0.1) is 0 Å². The first-order valence-corrected chi connectivity index (χ1v) is 7.16. The number of aromatic amines is 1. The third-order valence-corrected chi connectivity index (χ3v) is 4.53. The van der Waals surface area contributed by atoms with Crippen molar-refractivity contribution in [2.45, 2.75) is 11.4 Å². The van der Waals surface area contributed by atoms with Crippen molar-refractivity contribution in [3.63, 3.8) is 0 Å². The van der Waals surface area contributed by atoms with Crippen molar-refractivity contribution in [2.24, 2.45) is 0 Å². The minimum absolute atomic E-state index is 0.0386. The third-order valence-electron chi connectivity index (χ3n) is 2.17. The van der Waals surface area contributed by atoms with Crippen LogP contribution in [0.2, 0.25) is 10.0 Å². The SMILES string of the molecule is O=S(=O)(NCc1ncc[nH]1)c1c(Cl)cccc1Cl. The molecule has 2 rings (SSSR count). The van der Waals surface area contributed by atoms with Gasteiger partial charge in [-0.05, 0) is 12.1 Å². The molecule has 18 heavy (non-hydrogen) atoms. The molecule has 0 spiro atoms. The van der Waals surface area contributed by atoms with Gasteiger partial charge in [0, 0.05) is 12.4 Å². The monoisotopic (exact) mass is 305 g/mol. The summed E-state index contributed by atoms with van der Waals surface area (Å²) in [6.45, 7) is 0.0386. The molecule has 0 atom stereocenters. The first-order chi connectivity index (χ1) is 8.50. The number of hydrogen-bond acceptors (Lipinski definition) is 3. The van der Waals surface area contributed by atoms with Crippen LogP contribution >= 0.6 is 23.2 Å². The van der Waals surface area contributed by atoms with E-state index in [-0.39, 0.29) is 21.5 Å². The van der Waals surface area contributed by atoms with E-state index >= 15 is 0 Å². The van der Waals surface area contributed by atoms with E-state index in [0.717, 1.165) is 0 Å². The quantitative estimate of drug-likeness (QED) is 0.909. The maximum atomic E-state index is 12.0. The highest BCUT2D eigenvalue weighted by atomic mass is 35.5. The average Bonchev–Trinajstić information content (AvgIpc) is 2.78. The molecule has 0 amide bonds. The molecule has 0 fully saturated rings. The van der Waals surface area contributed by atoms with Gasteiger partial charge in [0.2, 0.25) is 10.0 Å². The van der Waals surface area contributed by atoms with Crippen LogP contribution in [0.15, 0.2) is 35.5 Å². The number of hydrogen-bond donors (Lipinski definition) is 2. The van der Waals surface area contributed by atoms with E-state index in [4.69, 9.17) is 23.2 Å². The summed E-state index contributed by atoms with van der Waals surface area (Å²) in [7, 11) is -3.77. The predicted molar refractivity (Wildman–Crippen MR) is 69.1 cm³/mol. The van der Waals surface area contributed by atoms with E-state index < -0.39 is 10.0 Å². The van der Waals surface area contributed by atoms with Gasteiger partial charge in [-0.1, -0.05) is 29.3 Å². The smallest absolute Gasteiger partial charge is 0.243 e. The number of benzene rings is 1. The lowest BCUT2D eigenvalue weighted by molar-refractivity contribution is 0.579. The van der Waals surface area contributed by atoms with Gasteiger partial charge in [-0.15, -0.1) is 0 Å². The van der Waals surface area contributed by atoms with Crippen LogP contribution in [-0.2, 0) is 16.6 Å². The van der Waals surface area contributed by atoms with Gasteiger partial charge in [0.15, 0.2) is 0 Å². The van der Waals surface area contributed by atoms with Crippen LogP contribution in [0.5, 0.6) is 0 Å². The van der Waals surface area contributed by atoms with Crippen molar-refractivity contribution in [3.05, 3.63) is 46.5 Å². The Morgan fingerprint density at radius 1 is 1.28 bits per heavy atom. The van der Waals surface area contributed by atoms with Crippen molar-refractivity contribution in [3.8, 4) is 0 Å².